The molecule has 0 bridgehead atoms. The van der Waals surface area contributed by atoms with Gasteiger partial charge in [-0.1, -0.05) is 12.1 Å². The van der Waals surface area contributed by atoms with Gasteiger partial charge in [0.15, 0.2) is 0 Å². The van der Waals surface area contributed by atoms with Gasteiger partial charge < -0.3 is 15.2 Å². The molecule has 3 heterocycles. The van der Waals surface area contributed by atoms with Crippen LogP contribution in [0.3, 0.4) is 0 Å². The monoisotopic (exact) mass is 559 g/mol. The molecule has 2 amide bonds. The summed E-state index contributed by atoms with van der Waals surface area (Å²) in [4.78, 5) is 40.1. The number of amides is 2. The largest absolute Gasteiger partial charge is 0.348 e. The third-order valence-electron chi connectivity index (χ3n) is 7.06. The van der Waals surface area contributed by atoms with Gasteiger partial charge in [-0.15, -0.1) is 0 Å². The number of H-pyrrole nitrogens is 1. The number of nitrogens with one attached hydrogen (secondary N) is 2. The molecule has 0 spiro atoms. The number of carbonyl (C=O) groups excluding carboxylic acids is 2. The Hall–Kier alpha value is -4.18. The van der Waals surface area contributed by atoms with Gasteiger partial charge in [-0.25, -0.2) is 9.37 Å². The second-order valence-electron chi connectivity index (χ2n) is 9.82. The lowest BCUT2D eigenvalue weighted by Crippen LogP contribution is -2.42. The van der Waals surface area contributed by atoms with Gasteiger partial charge in [-0.2, -0.15) is 0 Å². The standard InChI is InChI=1S/C30H30FN5O3S/c1-40(39)25-10-8-23(9-11-25)35-29(37)4-2-3-20-5-6-21-16-28(27-12-7-22(31)17-33-27)36(30(38)26(21)15-20)14-13-24-18-32-19-34-24/h5-12,15,17-19,28H,2-4,13-14,16H2,1H3,(H,32,34)(H,35,37). The lowest BCUT2D eigenvalue weighted by atomic mass is 9.89. The first-order valence-corrected chi connectivity index (χ1v) is 14.7. The van der Waals surface area contributed by atoms with Crippen LogP contribution in [0.1, 0.15) is 51.8 Å². The molecular formula is C30H30FN5O3S. The van der Waals surface area contributed by atoms with E-state index < -0.39 is 16.6 Å². The summed E-state index contributed by atoms with van der Waals surface area (Å²) in [5.74, 6) is -0.604. The molecule has 2 unspecified atom stereocenters. The maximum Gasteiger partial charge on any atom is 0.254 e. The van der Waals surface area contributed by atoms with Gasteiger partial charge in [0, 0.05) is 64.5 Å². The van der Waals surface area contributed by atoms with Crippen molar-refractivity contribution in [1.82, 2.24) is 19.9 Å². The highest BCUT2D eigenvalue weighted by atomic mass is 32.2. The van der Waals surface area contributed by atoms with E-state index >= 15 is 0 Å². The summed E-state index contributed by atoms with van der Waals surface area (Å²) in [6, 6.07) is 15.6. The highest BCUT2D eigenvalue weighted by Gasteiger charge is 2.34. The van der Waals surface area contributed by atoms with E-state index in [-0.39, 0.29) is 17.9 Å². The van der Waals surface area contributed by atoms with Crippen LogP contribution in [-0.4, -0.2) is 48.7 Å². The van der Waals surface area contributed by atoms with Crippen LogP contribution in [0, 0.1) is 5.82 Å². The molecule has 0 saturated heterocycles. The summed E-state index contributed by atoms with van der Waals surface area (Å²) >= 11 is 0. The van der Waals surface area contributed by atoms with Crippen LogP contribution in [-0.2, 0) is 34.9 Å². The lowest BCUT2D eigenvalue weighted by Gasteiger charge is -2.36. The molecule has 0 fully saturated rings. The number of anilines is 1. The molecule has 0 saturated carbocycles. The fourth-order valence-electron chi connectivity index (χ4n) is 4.95. The normalized spacial score (nSPS) is 15.5. The number of benzene rings is 2. The van der Waals surface area contributed by atoms with Crippen molar-refractivity contribution in [3.63, 3.8) is 0 Å². The Morgan fingerprint density at radius 2 is 1.95 bits per heavy atom. The van der Waals surface area contributed by atoms with Crippen LogP contribution in [0.4, 0.5) is 10.1 Å². The summed E-state index contributed by atoms with van der Waals surface area (Å²) in [5.41, 5.74) is 4.81. The average Bonchev–Trinajstić information content (AvgIpc) is 3.47. The van der Waals surface area contributed by atoms with E-state index in [0.29, 0.717) is 60.5 Å². The summed E-state index contributed by atoms with van der Waals surface area (Å²) < 4.78 is 25.1. The van der Waals surface area contributed by atoms with Gasteiger partial charge in [-0.05, 0) is 72.9 Å². The Bertz CT molecular complexity index is 1510. The smallest absolute Gasteiger partial charge is 0.254 e. The molecule has 2 atom stereocenters. The summed E-state index contributed by atoms with van der Waals surface area (Å²) in [6.07, 6.45) is 8.94. The quantitative estimate of drug-likeness (QED) is 0.295. The minimum atomic E-state index is -1.06. The number of nitrogens with zero attached hydrogens (tertiary/aromatic N) is 3. The molecule has 1 aliphatic rings. The Kier molecular flexibility index (Phi) is 8.45. The van der Waals surface area contributed by atoms with Crippen molar-refractivity contribution in [3.05, 3.63) is 107 Å². The van der Waals surface area contributed by atoms with Crippen molar-refractivity contribution in [2.75, 3.05) is 18.1 Å². The van der Waals surface area contributed by atoms with Gasteiger partial charge in [-0.3, -0.25) is 18.8 Å². The van der Waals surface area contributed by atoms with Gasteiger partial charge in [0.2, 0.25) is 5.91 Å². The van der Waals surface area contributed by atoms with Crippen LogP contribution >= 0.6 is 0 Å². The molecule has 10 heteroatoms. The van der Waals surface area contributed by atoms with Crippen molar-refractivity contribution in [3.8, 4) is 0 Å². The number of aromatic nitrogens is 3. The third-order valence-corrected chi connectivity index (χ3v) is 8.00. The highest BCUT2D eigenvalue weighted by Crippen LogP contribution is 2.33. The first kappa shape index (κ1) is 27.4. The lowest BCUT2D eigenvalue weighted by molar-refractivity contribution is -0.116. The van der Waals surface area contributed by atoms with Gasteiger partial charge in [0.25, 0.3) is 5.91 Å². The second kappa shape index (κ2) is 12.3. The number of hydrogen-bond donors (Lipinski definition) is 2. The number of rotatable bonds is 10. The van der Waals surface area contributed by atoms with Crippen molar-refractivity contribution < 1.29 is 18.2 Å². The molecule has 206 valence electrons. The van der Waals surface area contributed by atoms with E-state index in [1.54, 1.807) is 54.0 Å². The Morgan fingerprint density at radius 1 is 1.12 bits per heavy atom. The molecule has 1 aliphatic heterocycles. The zero-order valence-electron chi connectivity index (χ0n) is 22.1. The molecule has 2 N–H and O–H groups in total. The fraction of sp³-hybridized carbons (Fsp3) is 0.267. The minimum absolute atomic E-state index is 0.0899. The number of aromatic amines is 1. The predicted octanol–water partition coefficient (Wildman–Crippen LogP) is 4.62. The molecule has 2 aromatic heterocycles. The van der Waals surface area contributed by atoms with Crippen LogP contribution in [0.15, 0.2) is 78.2 Å². The molecular weight excluding hydrogens is 529 g/mol. The topological polar surface area (TPSA) is 108 Å². The molecule has 2 aromatic carbocycles. The maximum atomic E-state index is 13.7. The van der Waals surface area contributed by atoms with Gasteiger partial charge in [0.1, 0.15) is 5.82 Å². The number of hydrogen-bond acceptors (Lipinski definition) is 5. The molecule has 8 nitrogen and oxygen atoms in total. The van der Waals surface area contributed by atoms with Crippen molar-refractivity contribution in [1.29, 1.82) is 0 Å². The second-order valence-corrected chi connectivity index (χ2v) is 11.2. The van der Waals surface area contributed by atoms with Gasteiger partial charge in [0.05, 0.1) is 24.3 Å². The van der Waals surface area contributed by atoms with Crippen LogP contribution in [0.2, 0.25) is 0 Å². The van der Waals surface area contributed by atoms with E-state index in [9.17, 15) is 18.2 Å². The molecule has 0 radical (unpaired) electrons. The average molecular weight is 560 g/mol. The van der Waals surface area contributed by atoms with E-state index in [1.807, 2.05) is 18.2 Å². The first-order chi connectivity index (χ1) is 19.4. The van der Waals surface area contributed by atoms with Crippen molar-refractivity contribution in [2.24, 2.45) is 0 Å². The molecule has 40 heavy (non-hydrogen) atoms. The third kappa shape index (κ3) is 6.51. The Balaban J connectivity index is 1.25. The van der Waals surface area contributed by atoms with Crippen LogP contribution in [0.5, 0.6) is 0 Å². The number of aryl methyl sites for hydroxylation is 1. The van der Waals surface area contributed by atoms with E-state index in [1.165, 1.54) is 12.3 Å². The number of fused-ring (bicyclic) bond motifs is 1. The zero-order valence-corrected chi connectivity index (χ0v) is 22.9. The van der Waals surface area contributed by atoms with Crippen LogP contribution < -0.4 is 5.32 Å². The fourth-order valence-corrected chi connectivity index (χ4v) is 5.47. The summed E-state index contributed by atoms with van der Waals surface area (Å²) in [6.45, 7) is 0.462. The van der Waals surface area contributed by atoms with E-state index in [2.05, 4.69) is 20.3 Å². The molecule has 5 rings (SSSR count). The highest BCUT2D eigenvalue weighted by molar-refractivity contribution is 7.84. The minimum Gasteiger partial charge on any atom is -0.348 e. The van der Waals surface area contributed by atoms with Gasteiger partial charge >= 0.3 is 0 Å². The maximum absolute atomic E-state index is 13.7. The Morgan fingerprint density at radius 3 is 2.65 bits per heavy atom. The van der Waals surface area contributed by atoms with E-state index in [4.69, 9.17) is 0 Å². The number of imidazole rings is 1. The number of pyridine rings is 1. The SMILES string of the molecule is CS(=O)c1ccc(NC(=O)CCCc2ccc3c(c2)C(=O)N(CCc2cnc[nH]2)C(c2ccc(F)cn2)C3)cc1. The number of halogens is 1. The molecule has 4 aromatic rings. The van der Waals surface area contributed by atoms with Crippen molar-refractivity contribution in [2.45, 2.75) is 43.0 Å². The van der Waals surface area contributed by atoms with Crippen molar-refractivity contribution >= 4 is 28.3 Å². The number of carbonyl (C=O) groups is 2. The van der Waals surface area contributed by atoms with E-state index in [0.717, 1.165) is 16.8 Å². The van der Waals surface area contributed by atoms with Crippen LogP contribution in [0.25, 0.3) is 0 Å². The summed E-state index contributed by atoms with van der Waals surface area (Å²) in [5, 5.41) is 2.87. The molecule has 0 aliphatic carbocycles. The first-order valence-electron chi connectivity index (χ1n) is 13.1. The summed E-state index contributed by atoms with van der Waals surface area (Å²) in [7, 11) is -1.06. The Labute approximate surface area is 234 Å². The zero-order chi connectivity index (χ0) is 28.1. The predicted molar refractivity (Wildman–Crippen MR) is 151 cm³/mol.